The van der Waals surface area contributed by atoms with Crippen LogP contribution >= 0.6 is 0 Å². The molecule has 18 heavy (non-hydrogen) atoms. The summed E-state index contributed by atoms with van der Waals surface area (Å²) in [7, 11) is -3.73. The molecule has 0 fully saturated rings. The molecule has 0 heterocycles. The third kappa shape index (κ3) is 2.88. The van der Waals surface area contributed by atoms with Crippen LogP contribution in [0.5, 0.6) is 0 Å². The Bertz CT molecular complexity index is 515. The van der Waals surface area contributed by atoms with E-state index in [0.717, 1.165) is 6.07 Å². The van der Waals surface area contributed by atoms with Gasteiger partial charge in [0, 0.05) is 18.6 Å². The summed E-state index contributed by atoms with van der Waals surface area (Å²) in [6.07, 6.45) is 0. The second-order valence-electron chi connectivity index (χ2n) is 4.64. The Morgan fingerprint density at radius 1 is 1.39 bits per heavy atom. The van der Waals surface area contributed by atoms with Crippen LogP contribution in [0.15, 0.2) is 29.2 Å². The molecule has 0 bridgehead atoms. The molecule has 1 aromatic carbocycles. The van der Waals surface area contributed by atoms with Gasteiger partial charge in [-0.15, -0.1) is 0 Å². The summed E-state index contributed by atoms with van der Waals surface area (Å²) < 4.78 is 39.3. The number of sulfonamides is 1. The smallest absolute Gasteiger partial charge is 0.243 e. The maximum Gasteiger partial charge on any atom is 0.243 e. The second-order valence-corrected chi connectivity index (χ2v) is 6.51. The number of likely N-dealkylation sites (N-methyl/N-ethyl adjacent to an activating group) is 1. The quantitative estimate of drug-likeness (QED) is 0.886. The molecule has 0 spiro atoms. The van der Waals surface area contributed by atoms with Gasteiger partial charge in [-0.1, -0.05) is 13.0 Å². The summed E-state index contributed by atoms with van der Waals surface area (Å²) >= 11 is 0. The topological polar surface area (TPSA) is 63.4 Å². The van der Waals surface area contributed by atoms with Gasteiger partial charge < -0.3 is 5.73 Å². The van der Waals surface area contributed by atoms with Crippen molar-refractivity contribution >= 4 is 10.0 Å². The van der Waals surface area contributed by atoms with Gasteiger partial charge in [-0.2, -0.15) is 4.31 Å². The first kappa shape index (κ1) is 15.1. The van der Waals surface area contributed by atoms with Gasteiger partial charge in [0.2, 0.25) is 10.0 Å². The summed E-state index contributed by atoms with van der Waals surface area (Å²) in [6, 6.07) is 4.99. The van der Waals surface area contributed by atoms with Gasteiger partial charge in [0.15, 0.2) is 0 Å². The Balaban J connectivity index is 3.28. The molecule has 0 saturated heterocycles. The van der Waals surface area contributed by atoms with Crippen LogP contribution in [0.3, 0.4) is 0 Å². The fraction of sp³-hybridized carbons (Fsp3) is 0.500. The summed E-state index contributed by atoms with van der Waals surface area (Å²) in [4.78, 5) is -0.0501. The number of nitrogens with two attached hydrogens (primary N) is 1. The van der Waals surface area contributed by atoms with Crippen LogP contribution in [0.1, 0.15) is 20.8 Å². The number of halogens is 1. The number of hydrogen-bond acceptors (Lipinski definition) is 3. The lowest BCUT2D eigenvalue weighted by Crippen LogP contribution is -2.51. The number of rotatable bonds is 5. The largest absolute Gasteiger partial charge is 0.329 e. The molecular weight excluding hydrogens is 255 g/mol. The van der Waals surface area contributed by atoms with Gasteiger partial charge in [-0.3, -0.25) is 0 Å². The highest BCUT2D eigenvalue weighted by Crippen LogP contribution is 2.24. The molecule has 4 nitrogen and oxygen atoms in total. The molecule has 0 radical (unpaired) electrons. The van der Waals surface area contributed by atoms with Crippen LogP contribution in [0.2, 0.25) is 0 Å². The SMILES string of the molecule is CCN(C(C)(C)CN)S(=O)(=O)c1cccc(F)c1. The lowest BCUT2D eigenvalue weighted by molar-refractivity contribution is 0.244. The highest BCUT2D eigenvalue weighted by molar-refractivity contribution is 7.89. The maximum absolute atomic E-state index is 13.1. The molecule has 0 aliphatic carbocycles. The molecular formula is C12H19FN2O2S. The molecule has 0 aromatic heterocycles. The molecule has 0 aliphatic rings. The minimum atomic E-state index is -3.73. The van der Waals surface area contributed by atoms with E-state index in [1.807, 2.05) is 0 Å². The van der Waals surface area contributed by atoms with E-state index in [-0.39, 0.29) is 18.0 Å². The molecule has 1 rings (SSSR count). The van der Waals surface area contributed by atoms with Crippen molar-refractivity contribution in [1.82, 2.24) is 4.31 Å². The van der Waals surface area contributed by atoms with E-state index in [2.05, 4.69) is 0 Å². The van der Waals surface area contributed by atoms with Crippen molar-refractivity contribution in [3.8, 4) is 0 Å². The Morgan fingerprint density at radius 3 is 2.44 bits per heavy atom. The summed E-state index contributed by atoms with van der Waals surface area (Å²) in [5.41, 5.74) is 4.90. The van der Waals surface area contributed by atoms with E-state index in [9.17, 15) is 12.8 Å². The first-order chi connectivity index (χ1) is 8.25. The summed E-state index contributed by atoms with van der Waals surface area (Å²) in [5.74, 6) is -0.572. The third-order valence-corrected chi connectivity index (χ3v) is 5.03. The molecule has 0 amide bonds. The lowest BCUT2D eigenvalue weighted by Gasteiger charge is -2.35. The predicted octanol–water partition coefficient (Wildman–Crippen LogP) is 1.57. The zero-order chi connectivity index (χ0) is 14.0. The average molecular weight is 274 g/mol. The zero-order valence-corrected chi connectivity index (χ0v) is 11.7. The number of nitrogens with zero attached hydrogens (tertiary/aromatic N) is 1. The van der Waals surface area contributed by atoms with E-state index in [1.54, 1.807) is 20.8 Å². The highest BCUT2D eigenvalue weighted by atomic mass is 32.2. The van der Waals surface area contributed by atoms with E-state index in [0.29, 0.717) is 0 Å². The normalized spacial score (nSPS) is 13.0. The molecule has 102 valence electrons. The Hall–Kier alpha value is -0.980. The van der Waals surface area contributed by atoms with Crippen molar-refractivity contribution < 1.29 is 12.8 Å². The van der Waals surface area contributed by atoms with Crippen molar-refractivity contribution in [1.29, 1.82) is 0 Å². The van der Waals surface area contributed by atoms with Crippen LogP contribution in [-0.2, 0) is 10.0 Å². The Labute approximate surface area is 108 Å². The van der Waals surface area contributed by atoms with E-state index < -0.39 is 21.4 Å². The molecule has 1 aromatic rings. The zero-order valence-electron chi connectivity index (χ0n) is 10.9. The first-order valence-corrected chi connectivity index (χ1v) is 7.18. The molecule has 6 heteroatoms. The molecule has 0 unspecified atom stereocenters. The van der Waals surface area contributed by atoms with Crippen molar-refractivity contribution in [3.63, 3.8) is 0 Å². The Kier molecular flexibility index (Phi) is 4.47. The summed E-state index contributed by atoms with van der Waals surface area (Å²) in [5, 5.41) is 0. The van der Waals surface area contributed by atoms with Gasteiger partial charge in [-0.25, -0.2) is 12.8 Å². The van der Waals surface area contributed by atoms with Gasteiger partial charge >= 0.3 is 0 Å². The highest BCUT2D eigenvalue weighted by Gasteiger charge is 2.35. The molecule has 2 N–H and O–H groups in total. The van der Waals surface area contributed by atoms with Gasteiger partial charge in [0.05, 0.1) is 4.90 Å². The first-order valence-electron chi connectivity index (χ1n) is 5.74. The van der Waals surface area contributed by atoms with Crippen molar-refractivity contribution in [2.75, 3.05) is 13.1 Å². The average Bonchev–Trinajstić information content (AvgIpc) is 2.29. The molecule has 0 saturated carbocycles. The van der Waals surface area contributed by atoms with E-state index in [1.165, 1.54) is 22.5 Å². The van der Waals surface area contributed by atoms with Gasteiger partial charge in [0.1, 0.15) is 5.82 Å². The van der Waals surface area contributed by atoms with Crippen LogP contribution in [0.4, 0.5) is 4.39 Å². The lowest BCUT2D eigenvalue weighted by atomic mass is 10.1. The van der Waals surface area contributed by atoms with Crippen LogP contribution in [0.25, 0.3) is 0 Å². The number of hydrogen-bond donors (Lipinski definition) is 1. The third-order valence-electron chi connectivity index (χ3n) is 2.85. The fourth-order valence-corrected chi connectivity index (χ4v) is 3.61. The minimum absolute atomic E-state index is 0.0501. The minimum Gasteiger partial charge on any atom is -0.329 e. The van der Waals surface area contributed by atoms with E-state index in [4.69, 9.17) is 5.73 Å². The van der Waals surface area contributed by atoms with Crippen LogP contribution in [0, 0.1) is 5.82 Å². The standard InChI is InChI=1S/C12H19FN2O2S/c1-4-15(12(2,3)9-14)18(16,17)11-7-5-6-10(13)8-11/h5-8H,4,9,14H2,1-3H3. The second kappa shape index (κ2) is 5.34. The monoisotopic (exact) mass is 274 g/mol. The fourth-order valence-electron chi connectivity index (χ4n) is 1.78. The molecule has 0 aliphatic heterocycles. The van der Waals surface area contributed by atoms with Gasteiger partial charge in [0.25, 0.3) is 0 Å². The van der Waals surface area contributed by atoms with Crippen molar-refractivity contribution in [2.24, 2.45) is 5.73 Å². The van der Waals surface area contributed by atoms with Crippen LogP contribution in [-0.4, -0.2) is 31.4 Å². The predicted molar refractivity (Wildman–Crippen MR) is 69.1 cm³/mol. The van der Waals surface area contributed by atoms with Crippen molar-refractivity contribution in [2.45, 2.75) is 31.2 Å². The Morgan fingerprint density at radius 2 is 2.00 bits per heavy atom. The van der Waals surface area contributed by atoms with E-state index >= 15 is 0 Å². The summed E-state index contributed by atoms with van der Waals surface area (Å²) in [6.45, 7) is 5.69. The number of benzene rings is 1. The van der Waals surface area contributed by atoms with Gasteiger partial charge in [-0.05, 0) is 32.0 Å². The van der Waals surface area contributed by atoms with Crippen molar-refractivity contribution in [3.05, 3.63) is 30.1 Å². The van der Waals surface area contributed by atoms with Crippen LogP contribution < -0.4 is 5.73 Å². The molecule has 0 atom stereocenters. The maximum atomic E-state index is 13.1.